The molecule has 0 fully saturated rings. The molecule has 0 saturated heterocycles. The molecule has 1 N–H and O–H groups in total. The van der Waals surface area contributed by atoms with E-state index < -0.39 is 0 Å². The number of rotatable bonds is 7. The van der Waals surface area contributed by atoms with E-state index in [1.54, 1.807) is 23.5 Å². The summed E-state index contributed by atoms with van der Waals surface area (Å²) in [5.41, 5.74) is 4.02. The number of nitrogens with one attached hydrogen (secondary N) is 1. The van der Waals surface area contributed by atoms with E-state index in [4.69, 9.17) is 0 Å². The SMILES string of the molecule is CC(C)c1ccccc1Nc1ccc(C(=O)N(C)CCc2ccncc2)cn1. The quantitative estimate of drug-likeness (QED) is 0.653. The van der Waals surface area contributed by atoms with Crippen LogP contribution in [-0.4, -0.2) is 34.4 Å². The second-order valence-corrected chi connectivity index (χ2v) is 7.13. The molecule has 0 saturated carbocycles. The number of hydrogen-bond acceptors (Lipinski definition) is 4. The summed E-state index contributed by atoms with van der Waals surface area (Å²) in [5, 5.41) is 3.35. The van der Waals surface area contributed by atoms with E-state index in [2.05, 4.69) is 35.2 Å². The van der Waals surface area contributed by atoms with Crippen molar-refractivity contribution in [3.8, 4) is 0 Å². The van der Waals surface area contributed by atoms with E-state index in [0.29, 0.717) is 18.0 Å². The number of amides is 1. The zero-order valence-corrected chi connectivity index (χ0v) is 16.6. The highest BCUT2D eigenvalue weighted by molar-refractivity contribution is 5.94. The van der Waals surface area contributed by atoms with Crippen LogP contribution in [0.1, 0.15) is 41.3 Å². The van der Waals surface area contributed by atoms with Crippen LogP contribution in [0.5, 0.6) is 0 Å². The molecule has 0 atom stereocenters. The van der Waals surface area contributed by atoms with E-state index in [1.807, 2.05) is 49.5 Å². The number of pyridine rings is 2. The molecule has 5 nitrogen and oxygen atoms in total. The molecule has 28 heavy (non-hydrogen) atoms. The summed E-state index contributed by atoms with van der Waals surface area (Å²) in [6, 6.07) is 15.8. The van der Waals surface area contributed by atoms with Gasteiger partial charge in [-0.15, -0.1) is 0 Å². The first kappa shape index (κ1) is 19.5. The predicted octanol–water partition coefficient (Wildman–Crippen LogP) is 4.66. The Bertz CT molecular complexity index is 907. The summed E-state index contributed by atoms with van der Waals surface area (Å²) in [4.78, 5) is 22.8. The molecule has 5 heteroatoms. The number of anilines is 2. The number of likely N-dealkylation sites (N-methyl/N-ethyl adjacent to an activating group) is 1. The molecule has 144 valence electrons. The summed E-state index contributed by atoms with van der Waals surface area (Å²) in [6.45, 7) is 4.97. The van der Waals surface area contributed by atoms with Gasteiger partial charge in [-0.2, -0.15) is 0 Å². The Hall–Kier alpha value is -3.21. The van der Waals surface area contributed by atoms with Crippen LogP contribution in [0.4, 0.5) is 11.5 Å². The number of benzene rings is 1. The van der Waals surface area contributed by atoms with Gasteiger partial charge in [0.05, 0.1) is 5.56 Å². The lowest BCUT2D eigenvalue weighted by molar-refractivity contribution is 0.0796. The molecule has 3 aromatic rings. The van der Waals surface area contributed by atoms with E-state index in [0.717, 1.165) is 23.5 Å². The van der Waals surface area contributed by atoms with E-state index in [1.165, 1.54) is 5.56 Å². The molecule has 0 aliphatic rings. The summed E-state index contributed by atoms with van der Waals surface area (Å²) in [6.07, 6.45) is 5.96. The first-order valence-electron chi connectivity index (χ1n) is 9.51. The predicted molar refractivity (Wildman–Crippen MR) is 113 cm³/mol. The molecular weight excluding hydrogens is 348 g/mol. The zero-order valence-electron chi connectivity index (χ0n) is 16.6. The molecule has 0 spiro atoms. The maximum Gasteiger partial charge on any atom is 0.255 e. The normalized spacial score (nSPS) is 10.7. The monoisotopic (exact) mass is 374 g/mol. The van der Waals surface area contributed by atoms with Crippen molar-refractivity contribution in [2.75, 3.05) is 18.9 Å². The fraction of sp³-hybridized carbons (Fsp3) is 0.261. The highest BCUT2D eigenvalue weighted by Gasteiger charge is 2.13. The lowest BCUT2D eigenvalue weighted by Crippen LogP contribution is -2.28. The molecule has 3 rings (SSSR count). The summed E-state index contributed by atoms with van der Waals surface area (Å²) < 4.78 is 0. The maximum atomic E-state index is 12.6. The Morgan fingerprint density at radius 2 is 1.82 bits per heavy atom. The van der Waals surface area contributed by atoms with Gasteiger partial charge in [-0.05, 0) is 53.8 Å². The van der Waals surface area contributed by atoms with Gasteiger partial charge in [0.1, 0.15) is 5.82 Å². The molecule has 2 aromatic heterocycles. The van der Waals surface area contributed by atoms with Gasteiger partial charge in [-0.1, -0.05) is 32.0 Å². The first-order valence-corrected chi connectivity index (χ1v) is 9.51. The van der Waals surface area contributed by atoms with Crippen LogP contribution in [0.25, 0.3) is 0 Å². The first-order chi connectivity index (χ1) is 13.5. The van der Waals surface area contributed by atoms with Crippen molar-refractivity contribution in [3.05, 3.63) is 83.8 Å². The number of carbonyl (C=O) groups is 1. The standard InChI is InChI=1S/C23H26N4O/c1-17(2)20-6-4-5-7-21(20)26-22-9-8-19(16-25-22)23(28)27(3)15-12-18-10-13-24-14-11-18/h4-11,13-14,16-17H,12,15H2,1-3H3,(H,25,26). The van der Waals surface area contributed by atoms with Crippen molar-refractivity contribution in [1.82, 2.24) is 14.9 Å². The van der Waals surface area contributed by atoms with Crippen molar-refractivity contribution < 1.29 is 4.79 Å². The van der Waals surface area contributed by atoms with E-state index >= 15 is 0 Å². The Morgan fingerprint density at radius 1 is 1.07 bits per heavy atom. The van der Waals surface area contributed by atoms with Crippen LogP contribution in [0.2, 0.25) is 0 Å². The van der Waals surface area contributed by atoms with Gasteiger partial charge in [0.2, 0.25) is 0 Å². The molecule has 0 bridgehead atoms. The highest BCUT2D eigenvalue weighted by atomic mass is 16.2. The Kier molecular flexibility index (Phi) is 6.37. The fourth-order valence-corrected chi connectivity index (χ4v) is 3.01. The zero-order chi connectivity index (χ0) is 19.9. The van der Waals surface area contributed by atoms with Crippen LogP contribution >= 0.6 is 0 Å². The van der Waals surface area contributed by atoms with Crippen LogP contribution in [-0.2, 0) is 6.42 Å². The Balaban J connectivity index is 1.63. The molecular formula is C23H26N4O. The molecule has 1 amide bonds. The van der Waals surface area contributed by atoms with Crippen molar-refractivity contribution in [1.29, 1.82) is 0 Å². The van der Waals surface area contributed by atoms with Crippen molar-refractivity contribution in [3.63, 3.8) is 0 Å². The number of aromatic nitrogens is 2. The van der Waals surface area contributed by atoms with Crippen molar-refractivity contribution in [2.24, 2.45) is 0 Å². The third-order valence-corrected chi connectivity index (χ3v) is 4.69. The average Bonchev–Trinajstić information content (AvgIpc) is 2.73. The molecule has 2 heterocycles. The van der Waals surface area contributed by atoms with Gasteiger partial charge < -0.3 is 10.2 Å². The minimum Gasteiger partial charge on any atom is -0.341 e. The highest BCUT2D eigenvalue weighted by Crippen LogP contribution is 2.26. The van der Waals surface area contributed by atoms with Crippen LogP contribution in [0, 0.1) is 0 Å². The van der Waals surface area contributed by atoms with Crippen LogP contribution < -0.4 is 5.32 Å². The topological polar surface area (TPSA) is 58.1 Å². The molecule has 0 radical (unpaired) electrons. The van der Waals surface area contributed by atoms with Gasteiger partial charge in [-0.25, -0.2) is 4.98 Å². The van der Waals surface area contributed by atoms with Crippen LogP contribution in [0.3, 0.4) is 0 Å². The minimum absolute atomic E-state index is 0.0318. The third-order valence-electron chi connectivity index (χ3n) is 4.69. The Labute approximate surface area is 166 Å². The maximum absolute atomic E-state index is 12.6. The van der Waals surface area contributed by atoms with E-state index in [-0.39, 0.29) is 5.91 Å². The lowest BCUT2D eigenvalue weighted by atomic mass is 10.0. The third kappa shape index (κ3) is 4.94. The van der Waals surface area contributed by atoms with Gasteiger partial charge in [-0.3, -0.25) is 9.78 Å². The van der Waals surface area contributed by atoms with Crippen molar-refractivity contribution >= 4 is 17.4 Å². The van der Waals surface area contributed by atoms with Gasteiger partial charge in [0, 0.05) is 37.9 Å². The van der Waals surface area contributed by atoms with Gasteiger partial charge in [0.25, 0.3) is 5.91 Å². The minimum atomic E-state index is -0.0318. The van der Waals surface area contributed by atoms with Crippen LogP contribution in [0.15, 0.2) is 67.1 Å². The second kappa shape index (κ2) is 9.13. The molecule has 0 unspecified atom stereocenters. The fourth-order valence-electron chi connectivity index (χ4n) is 3.01. The summed E-state index contributed by atoms with van der Waals surface area (Å²) >= 11 is 0. The average molecular weight is 374 g/mol. The smallest absolute Gasteiger partial charge is 0.255 e. The summed E-state index contributed by atoms with van der Waals surface area (Å²) in [7, 11) is 1.81. The molecule has 0 aliphatic carbocycles. The van der Waals surface area contributed by atoms with Gasteiger partial charge in [0.15, 0.2) is 0 Å². The second-order valence-electron chi connectivity index (χ2n) is 7.13. The number of carbonyl (C=O) groups excluding carboxylic acids is 1. The van der Waals surface area contributed by atoms with E-state index in [9.17, 15) is 4.79 Å². The van der Waals surface area contributed by atoms with Gasteiger partial charge >= 0.3 is 0 Å². The molecule has 1 aromatic carbocycles. The Morgan fingerprint density at radius 3 is 2.50 bits per heavy atom. The summed E-state index contributed by atoms with van der Waals surface area (Å²) in [5.74, 6) is 1.11. The van der Waals surface area contributed by atoms with Crippen molar-refractivity contribution in [2.45, 2.75) is 26.2 Å². The largest absolute Gasteiger partial charge is 0.341 e. The number of hydrogen-bond donors (Lipinski definition) is 1. The number of para-hydroxylation sites is 1. The number of nitrogens with zero attached hydrogens (tertiary/aromatic N) is 3. The lowest BCUT2D eigenvalue weighted by Gasteiger charge is -2.17. The molecule has 0 aliphatic heterocycles.